The molecule has 1 fully saturated rings. The number of carbonyl (C=O) groups is 2. The third-order valence-electron chi connectivity index (χ3n) is 4.91. The Bertz CT molecular complexity index is 668. The van der Waals surface area contributed by atoms with Gasteiger partial charge in [0.2, 0.25) is 11.8 Å². The van der Waals surface area contributed by atoms with Crippen LogP contribution in [0.2, 0.25) is 0 Å². The van der Waals surface area contributed by atoms with Gasteiger partial charge >= 0.3 is 0 Å². The van der Waals surface area contributed by atoms with Crippen molar-refractivity contribution in [1.82, 2.24) is 4.90 Å². The van der Waals surface area contributed by atoms with Crippen LogP contribution in [0.5, 0.6) is 0 Å². The summed E-state index contributed by atoms with van der Waals surface area (Å²) in [5.41, 5.74) is 2.63. The first-order chi connectivity index (χ1) is 11.9. The van der Waals surface area contributed by atoms with Crippen molar-refractivity contribution in [2.75, 3.05) is 11.9 Å². The predicted molar refractivity (Wildman–Crippen MR) is 102 cm³/mol. The lowest BCUT2D eigenvalue weighted by molar-refractivity contribution is -0.138. The Morgan fingerprint density at radius 1 is 1.24 bits per heavy atom. The van der Waals surface area contributed by atoms with Gasteiger partial charge in [0.25, 0.3) is 0 Å². The summed E-state index contributed by atoms with van der Waals surface area (Å²) in [6.07, 6.45) is 6.90. The van der Waals surface area contributed by atoms with E-state index in [4.69, 9.17) is 0 Å². The third kappa shape index (κ3) is 4.38. The summed E-state index contributed by atoms with van der Waals surface area (Å²) in [6, 6.07) is 5.84. The van der Waals surface area contributed by atoms with Crippen LogP contribution < -0.4 is 5.32 Å². The van der Waals surface area contributed by atoms with E-state index in [2.05, 4.69) is 18.5 Å². The number of amides is 2. The molecule has 0 spiro atoms. The predicted octanol–water partition coefficient (Wildman–Crippen LogP) is 4.15. The topological polar surface area (TPSA) is 49.4 Å². The number of likely N-dealkylation sites (tertiary alicyclic amines) is 1. The molecule has 2 rings (SSSR count). The van der Waals surface area contributed by atoms with E-state index in [0.29, 0.717) is 6.54 Å². The van der Waals surface area contributed by atoms with Crippen molar-refractivity contribution in [3.63, 3.8) is 0 Å². The van der Waals surface area contributed by atoms with Crippen LogP contribution in [0.1, 0.15) is 43.2 Å². The van der Waals surface area contributed by atoms with E-state index in [0.717, 1.165) is 42.5 Å². The molecule has 1 aliphatic rings. The van der Waals surface area contributed by atoms with E-state index >= 15 is 0 Å². The van der Waals surface area contributed by atoms with E-state index < -0.39 is 0 Å². The second kappa shape index (κ2) is 8.15. The Hall–Kier alpha value is -2.36. The molecule has 2 amide bonds. The number of nitrogens with one attached hydrogen (secondary N) is 1. The molecule has 0 aromatic heterocycles. The van der Waals surface area contributed by atoms with Crippen molar-refractivity contribution in [2.45, 2.75) is 51.5 Å². The summed E-state index contributed by atoms with van der Waals surface area (Å²) >= 11 is 0. The van der Waals surface area contributed by atoms with Gasteiger partial charge in [0.15, 0.2) is 0 Å². The molecule has 25 heavy (non-hydrogen) atoms. The first-order valence-electron chi connectivity index (χ1n) is 8.81. The fourth-order valence-corrected chi connectivity index (χ4v) is 3.75. The summed E-state index contributed by atoms with van der Waals surface area (Å²) in [7, 11) is 0. The Balaban J connectivity index is 2.05. The van der Waals surface area contributed by atoms with Gasteiger partial charge in [-0.3, -0.25) is 9.59 Å². The molecule has 0 aliphatic carbocycles. The molecular weight excluding hydrogens is 312 g/mol. The second-order valence-corrected chi connectivity index (χ2v) is 6.90. The van der Waals surface area contributed by atoms with Crippen LogP contribution in [0.3, 0.4) is 0 Å². The van der Waals surface area contributed by atoms with Crippen LogP contribution in [0.15, 0.2) is 43.5 Å². The Labute approximate surface area is 150 Å². The van der Waals surface area contributed by atoms with E-state index in [9.17, 15) is 9.59 Å². The molecule has 0 unspecified atom stereocenters. The minimum absolute atomic E-state index is 0.122. The maximum absolute atomic E-state index is 12.7. The number of aryl methyl sites for hydroxylation is 2. The molecule has 0 radical (unpaired) electrons. The van der Waals surface area contributed by atoms with Crippen LogP contribution in [0.25, 0.3) is 0 Å². The van der Waals surface area contributed by atoms with Gasteiger partial charge in [0.05, 0.1) is 0 Å². The maximum Gasteiger partial charge on any atom is 0.233 e. The van der Waals surface area contributed by atoms with Crippen molar-refractivity contribution in [3.05, 3.63) is 54.6 Å². The molecule has 4 heteroatoms. The highest BCUT2D eigenvalue weighted by atomic mass is 16.2. The smallest absolute Gasteiger partial charge is 0.233 e. The van der Waals surface area contributed by atoms with Gasteiger partial charge in [0, 0.05) is 17.8 Å². The van der Waals surface area contributed by atoms with Crippen LogP contribution in [-0.2, 0) is 9.59 Å². The van der Waals surface area contributed by atoms with Crippen LogP contribution in [-0.4, -0.2) is 28.8 Å². The van der Waals surface area contributed by atoms with Gasteiger partial charge < -0.3 is 10.2 Å². The minimum atomic E-state index is -0.269. The standard InChI is InChI=1S/C21H28N2O2/c1-5-10-21(11-6-2)12-7-13-23(21)20(25)15-19(24)22-18-9-8-16(3)14-17(18)4/h5-6,8-9,14H,1-2,7,10-13,15H2,3-4H3,(H,22,24). The van der Waals surface area contributed by atoms with Gasteiger partial charge in [0.1, 0.15) is 6.42 Å². The zero-order valence-corrected chi connectivity index (χ0v) is 15.3. The monoisotopic (exact) mass is 340 g/mol. The number of carbonyl (C=O) groups excluding carboxylic acids is 2. The molecule has 1 N–H and O–H groups in total. The Kier molecular flexibility index (Phi) is 6.18. The number of benzene rings is 1. The number of nitrogens with zero attached hydrogens (tertiary/aromatic N) is 1. The van der Waals surface area contributed by atoms with E-state index in [1.54, 1.807) is 0 Å². The fourth-order valence-electron chi connectivity index (χ4n) is 3.75. The van der Waals surface area contributed by atoms with E-state index in [1.807, 2.05) is 49.1 Å². The maximum atomic E-state index is 12.7. The average Bonchev–Trinajstić information content (AvgIpc) is 2.94. The van der Waals surface area contributed by atoms with Crippen molar-refractivity contribution in [1.29, 1.82) is 0 Å². The largest absolute Gasteiger partial charge is 0.336 e. The lowest BCUT2D eigenvalue weighted by atomic mass is 9.88. The molecular formula is C21H28N2O2. The molecule has 0 bridgehead atoms. The Morgan fingerprint density at radius 2 is 1.92 bits per heavy atom. The highest BCUT2D eigenvalue weighted by Crippen LogP contribution is 2.36. The molecule has 1 heterocycles. The number of hydrogen-bond donors (Lipinski definition) is 1. The first kappa shape index (κ1) is 19.0. The summed E-state index contributed by atoms with van der Waals surface area (Å²) in [5.74, 6) is -0.390. The van der Waals surface area contributed by atoms with Gasteiger partial charge in [-0.05, 0) is 51.2 Å². The summed E-state index contributed by atoms with van der Waals surface area (Å²) in [5, 5.41) is 2.86. The normalized spacial score (nSPS) is 15.7. The van der Waals surface area contributed by atoms with Crippen LogP contribution in [0, 0.1) is 13.8 Å². The highest BCUT2D eigenvalue weighted by molar-refractivity contribution is 6.04. The van der Waals surface area contributed by atoms with Gasteiger partial charge in [-0.15, -0.1) is 13.2 Å². The van der Waals surface area contributed by atoms with Crippen molar-refractivity contribution in [2.24, 2.45) is 0 Å². The van der Waals surface area contributed by atoms with Crippen LogP contribution >= 0.6 is 0 Å². The van der Waals surface area contributed by atoms with Crippen molar-refractivity contribution in [3.8, 4) is 0 Å². The number of anilines is 1. The second-order valence-electron chi connectivity index (χ2n) is 6.90. The lowest BCUT2D eigenvalue weighted by Gasteiger charge is -2.37. The minimum Gasteiger partial charge on any atom is -0.336 e. The molecule has 0 atom stereocenters. The fraction of sp³-hybridized carbons (Fsp3) is 0.429. The number of hydrogen-bond acceptors (Lipinski definition) is 2. The van der Waals surface area contributed by atoms with Crippen molar-refractivity contribution < 1.29 is 9.59 Å². The number of rotatable bonds is 7. The zero-order chi connectivity index (χ0) is 18.4. The summed E-state index contributed by atoms with van der Waals surface area (Å²) < 4.78 is 0. The molecule has 0 saturated carbocycles. The van der Waals surface area contributed by atoms with Crippen LogP contribution in [0.4, 0.5) is 5.69 Å². The highest BCUT2D eigenvalue weighted by Gasteiger charge is 2.41. The van der Waals surface area contributed by atoms with Gasteiger partial charge in [-0.2, -0.15) is 0 Å². The van der Waals surface area contributed by atoms with E-state index in [1.165, 1.54) is 0 Å². The Morgan fingerprint density at radius 3 is 2.52 bits per heavy atom. The SMILES string of the molecule is C=CCC1(CC=C)CCCN1C(=O)CC(=O)Nc1ccc(C)cc1C. The molecule has 134 valence electrons. The first-order valence-corrected chi connectivity index (χ1v) is 8.81. The molecule has 1 aromatic carbocycles. The lowest BCUT2D eigenvalue weighted by Crippen LogP contribution is -2.47. The zero-order valence-electron chi connectivity index (χ0n) is 15.3. The third-order valence-corrected chi connectivity index (χ3v) is 4.91. The van der Waals surface area contributed by atoms with Gasteiger partial charge in [-0.1, -0.05) is 29.8 Å². The average molecular weight is 340 g/mol. The molecule has 1 saturated heterocycles. The quantitative estimate of drug-likeness (QED) is 0.599. The van der Waals surface area contributed by atoms with E-state index in [-0.39, 0.29) is 23.8 Å². The summed E-state index contributed by atoms with van der Waals surface area (Å²) in [6.45, 7) is 12.3. The van der Waals surface area contributed by atoms with Gasteiger partial charge in [-0.25, -0.2) is 0 Å². The molecule has 4 nitrogen and oxygen atoms in total. The van der Waals surface area contributed by atoms with Crippen molar-refractivity contribution >= 4 is 17.5 Å². The molecule has 1 aliphatic heterocycles. The summed E-state index contributed by atoms with van der Waals surface area (Å²) in [4.78, 5) is 27.0. The molecule has 1 aromatic rings.